The average Bonchev–Trinajstić information content (AvgIpc) is 2.97. The highest BCUT2D eigenvalue weighted by atomic mass is 32.2. The summed E-state index contributed by atoms with van der Waals surface area (Å²) in [5.41, 5.74) is 0.458. The van der Waals surface area contributed by atoms with Crippen LogP contribution in [0.3, 0.4) is 0 Å². The lowest BCUT2D eigenvalue weighted by molar-refractivity contribution is -0.119. The number of sulfonamides is 1. The van der Waals surface area contributed by atoms with Crippen molar-refractivity contribution < 1.29 is 36.0 Å². The number of fused-ring (bicyclic) bond motifs is 2. The van der Waals surface area contributed by atoms with Gasteiger partial charge in [-0.1, -0.05) is 13.8 Å². The number of amides is 1. The molecule has 45 heavy (non-hydrogen) atoms. The number of pyridine rings is 1. The Kier molecular flexibility index (Phi) is 8.62. The number of aromatic nitrogens is 1. The maximum absolute atomic E-state index is 13.6. The number of benzene rings is 2. The van der Waals surface area contributed by atoms with Crippen LogP contribution in [0.1, 0.15) is 47.9 Å². The Bertz CT molecular complexity index is 1930. The molecule has 236 valence electrons. The molecular weight excluding hydrogens is 624 g/mol. The van der Waals surface area contributed by atoms with Gasteiger partial charge in [0.25, 0.3) is 10.0 Å². The average molecular weight is 655 g/mol. The molecule has 0 radical (unpaired) electrons. The van der Waals surface area contributed by atoms with Crippen LogP contribution in [0.4, 0.5) is 22.9 Å². The molecule has 2 aliphatic rings. The van der Waals surface area contributed by atoms with Crippen molar-refractivity contribution in [3.63, 3.8) is 0 Å². The highest BCUT2D eigenvalue weighted by molar-refractivity contribution is 7.94. The van der Waals surface area contributed by atoms with Crippen LogP contribution in [-0.2, 0) is 29.8 Å². The van der Waals surface area contributed by atoms with E-state index in [9.17, 15) is 31.2 Å². The molecule has 0 saturated carbocycles. The molecule has 0 fully saturated rings. The van der Waals surface area contributed by atoms with E-state index in [0.29, 0.717) is 6.42 Å². The van der Waals surface area contributed by atoms with E-state index >= 15 is 0 Å². The largest absolute Gasteiger partial charge is 0.462 e. The van der Waals surface area contributed by atoms with Crippen LogP contribution in [0.25, 0.3) is 0 Å². The normalized spacial score (nSPS) is 17.1. The first kappa shape index (κ1) is 31.6. The van der Waals surface area contributed by atoms with Crippen molar-refractivity contribution in [1.82, 2.24) is 4.98 Å². The number of anilines is 4. The van der Waals surface area contributed by atoms with Crippen LogP contribution in [0, 0.1) is 11.8 Å². The number of Topliss-reactive ketones (excluding diaryl/α,β-unsaturated/α-hetero) is 1. The van der Waals surface area contributed by atoms with Gasteiger partial charge in [0.2, 0.25) is 5.91 Å². The lowest BCUT2D eigenvalue weighted by Crippen LogP contribution is -2.51. The van der Waals surface area contributed by atoms with Crippen LogP contribution < -0.4 is 19.7 Å². The van der Waals surface area contributed by atoms with Crippen molar-refractivity contribution in [2.75, 3.05) is 32.8 Å². The standard InChI is InChI=1S/C29H30N6O8S2/c1-4-43-29(38)18-7-9-19(10-8-18)32-45(41,42)33-20-11-12-22-23(16-20)44(39,40)34-26(31-22)24-25(36)21-6-5-14-30-27(21)35(28(24)37)15-13-17(2)3/h5-12,14,16-17,24,32-33H,4,13,15H2,1-3H3,(H,31,34). The topological polar surface area (TPSA) is 193 Å². The predicted molar refractivity (Wildman–Crippen MR) is 167 cm³/mol. The Morgan fingerprint density at radius 1 is 1.07 bits per heavy atom. The minimum atomic E-state index is -4.47. The van der Waals surface area contributed by atoms with Gasteiger partial charge >= 0.3 is 16.2 Å². The third kappa shape index (κ3) is 6.66. The third-order valence-electron chi connectivity index (χ3n) is 6.93. The van der Waals surface area contributed by atoms with Crippen molar-refractivity contribution in [2.45, 2.75) is 32.1 Å². The van der Waals surface area contributed by atoms with E-state index in [-0.39, 0.29) is 63.8 Å². The van der Waals surface area contributed by atoms with Gasteiger partial charge < -0.3 is 10.1 Å². The van der Waals surface area contributed by atoms with Gasteiger partial charge in [-0.25, -0.2) is 9.78 Å². The number of ether oxygens (including phenoxy) is 1. The van der Waals surface area contributed by atoms with Gasteiger partial charge in [-0.05, 0) is 73.9 Å². The number of carbonyl (C=O) groups excluding carboxylic acids is 3. The van der Waals surface area contributed by atoms with Crippen LogP contribution in [0.15, 0.2) is 70.1 Å². The first-order valence-corrected chi connectivity index (χ1v) is 16.9. The highest BCUT2D eigenvalue weighted by Crippen LogP contribution is 2.35. The van der Waals surface area contributed by atoms with E-state index in [4.69, 9.17) is 4.74 Å². The Morgan fingerprint density at radius 2 is 1.76 bits per heavy atom. The number of rotatable bonds is 10. The van der Waals surface area contributed by atoms with Gasteiger partial charge in [0.15, 0.2) is 11.7 Å². The van der Waals surface area contributed by atoms with Crippen molar-refractivity contribution in [3.05, 3.63) is 71.9 Å². The first-order chi connectivity index (χ1) is 21.3. The lowest BCUT2D eigenvalue weighted by atomic mass is 9.90. The second kappa shape index (κ2) is 12.3. The Morgan fingerprint density at radius 3 is 2.44 bits per heavy atom. The molecule has 2 aromatic carbocycles. The number of carbonyl (C=O) groups is 3. The van der Waals surface area contributed by atoms with E-state index in [1.165, 1.54) is 53.6 Å². The molecule has 1 amide bonds. The molecule has 14 nitrogen and oxygen atoms in total. The molecule has 0 saturated heterocycles. The molecule has 3 aromatic rings. The summed E-state index contributed by atoms with van der Waals surface area (Å²) < 4.78 is 65.4. The van der Waals surface area contributed by atoms with Gasteiger partial charge in [-0.15, -0.1) is 4.40 Å². The van der Waals surface area contributed by atoms with Crippen molar-refractivity contribution in [3.8, 4) is 0 Å². The molecular formula is C29H30N6O8S2. The lowest BCUT2D eigenvalue weighted by Gasteiger charge is -2.34. The van der Waals surface area contributed by atoms with E-state index in [1.54, 1.807) is 13.0 Å². The maximum Gasteiger partial charge on any atom is 0.338 e. The predicted octanol–water partition coefficient (Wildman–Crippen LogP) is 3.43. The van der Waals surface area contributed by atoms with E-state index < -0.39 is 43.8 Å². The molecule has 3 heterocycles. The van der Waals surface area contributed by atoms with Crippen LogP contribution >= 0.6 is 0 Å². The van der Waals surface area contributed by atoms with Gasteiger partial charge in [0, 0.05) is 12.7 Å². The summed E-state index contributed by atoms with van der Waals surface area (Å²) in [4.78, 5) is 44.2. The molecule has 0 spiro atoms. The summed E-state index contributed by atoms with van der Waals surface area (Å²) in [6.45, 7) is 6.10. The summed E-state index contributed by atoms with van der Waals surface area (Å²) >= 11 is 0. The molecule has 1 unspecified atom stereocenters. The van der Waals surface area contributed by atoms with E-state index in [0.717, 1.165) is 6.07 Å². The Hall–Kier alpha value is -4.83. The van der Waals surface area contributed by atoms with Crippen molar-refractivity contribution in [2.24, 2.45) is 16.2 Å². The molecule has 5 rings (SSSR count). The van der Waals surface area contributed by atoms with Crippen LogP contribution in [-0.4, -0.2) is 58.5 Å². The van der Waals surface area contributed by atoms with Gasteiger partial charge in [-0.3, -0.25) is 23.9 Å². The number of hydrogen-bond donors (Lipinski definition) is 3. The first-order valence-electron chi connectivity index (χ1n) is 13.9. The number of esters is 1. The zero-order chi connectivity index (χ0) is 32.5. The number of ketones is 1. The molecule has 0 aliphatic carbocycles. The number of nitrogens with zero attached hydrogens (tertiary/aromatic N) is 3. The smallest absolute Gasteiger partial charge is 0.338 e. The SMILES string of the molecule is CCOC(=O)c1ccc(NS(=O)(=O)Nc2ccc3c(c2)S(=O)(=O)N=C(C2C(=O)c4cccnc4N(CCC(C)C)C2=O)N3)cc1. The molecule has 1 atom stereocenters. The number of hydrogen-bond acceptors (Lipinski definition) is 10. The second-order valence-electron chi connectivity index (χ2n) is 10.6. The maximum atomic E-state index is 13.6. The molecule has 1 aromatic heterocycles. The summed E-state index contributed by atoms with van der Waals surface area (Å²) in [5.74, 6) is -3.29. The second-order valence-corrected chi connectivity index (χ2v) is 13.6. The molecule has 2 aliphatic heterocycles. The van der Waals surface area contributed by atoms with Gasteiger partial charge in [0.05, 0.1) is 34.8 Å². The minimum absolute atomic E-state index is 0.0109. The number of nitrogens with one attached hydrogen (secondary N) is 3. The Balaban J connectivity index is 1.38. The monoisotopic (exact) mass is 654 g/mol. The summed E-state index contributed by atoms with van der Waals surface area (Å²) in [6, 6.07) is 12.3. The fourth-order valence-corrected chi connectivity index (χ4v) is 6.88. The molecule has 0 bridgehead atoms. The van der Waals surface area contributed by atoms with E-state index in [2.05, 4.69) is 24.1 Å². The van der Waals surface area contributed by atoms with Crippen molar-refractivity contribution in [1.29, 1.82) is 0 Å². The van der Waals surface area contributed by atoms with Crippen LogP contribution in [0.2, 0.25) is 0 Å². The third-order valence-corrected chi connectivity index (χ3v) is 9.27. The summed E-state index contributed by atoms with van der Waals surface area (Å²) in [5, 5.41) is 2.80. The minimum Gasteiger partial charge on any atom is -0.462 e. The van der Waals surface area contributed by atoms with E-state index in [1.807, 2.05) is 13.8 Å². The van der Waals surface area contributed by atoms with Gasteiger partial charge in [0.1, 0.15) is 16.5 Å². The summed E-state index contributed by atoms with van der Waals surface area (Å²) in [7, 11) is -8.73. The molecule has 16 heteroatoms. The highest BCUT2D eigenvalue weighted by Gasteiger charge is 2.45. The van der Waals surface area contributed by atoms with Crippen molar-refractivity contribution >= 4 is 66.6 Å². The quantitative estimate of drug-likeness (QED) is 0.215. The summed E-state index contributed by atoms with van der Waals surface area (Å²) in [6.07, 6.45) is 2.10. The zero-order valence-corrected chi connectivity index (χ0v) is 26.1. The van der Waals surface area contributed by atoms with Crippen LogP contribution in [0.5, 0.6) is 0 Å². The molecule has 3 N–H and O–H groups in total. The fraction of sp³-hybridized carbons (Fsp3) is 0.276. The Labute approximate surface area is 260 Å². The number of amidine groups is 1. The van der Waals surface area contributed by atoms with Gasteiger partial charge in [-0.2, -0.15) is 16.8 Å². The fourth-order valence-electron chi connectivity index (χ4n) is 4.77. The zero-order valence-electron chi connectivity index (χ0n) is 24.5.